The van der Waals surface area contributed by atoms with Crippen molar-refractivity contribution in [3.05, 3.63) is 102 Å². The lowest BCUT2D eigenvalue weighted by atomic mass is 10.0. The van der Waals surface area contributed by atoms with Gasteiger partial charge in [0, 0.05) is 50.0 Å². The Bertz CT molecular complexity index is 2170. The number of hydrogen-bond acceptors (Lipinski definition) is 9. The number of aromatic nitrogens is 1. The Balaban J connectivity index is 1.54. The van der Waals surface area contributed by atoms with Crippen molar-refractivity contribution in [3.8, 4) is 5.75 Å². The molecular formula is C45H57N7O10. The number of nitrogens with zero attached hydrogens (tertiary/aromatic N) is 1. The van der Waals surface area contributed by atoms with Crippen molar-refractivity contribution in [1.82, 2.24) is 31.2 Å². The van der Waals surface area contributed by atoms with Crippen molar-refractivity contribution in [2.24, 2.45) is 5.73 Å². The number of carbonyl (C=O) groups excluding carboxylic acids is 6. The third-order valence-electron chi connectivity index (χ3n) is 9.97. The van der Waals surface area contributed by atoms with Gasteiger partial charge in [0.25, 0.3) is 0 Å². The molecule has 0 radical (unpaired) electrons. The molecule has 0 bridgehead atoms. The molecule has 62 heavy (non-hydrogen) atoms. The smallest absolute Gasteiger partial charge is 0.408 e. The zero-order valence-corrected chi connectivity index (χ0v) is 35.4. The van der Waals surface area contributed by atoms with Gasteiger partial charge in [-0.2, -0.15) is 0 Å². The van der Waals surface area contributed by atoms with Crippen LogP contribution < -0.4 is 27.0 Å². The number of unbranched alkanes of at least 4 members (excludes halogenated alkanes) is 1. The van der Waals surface area contributed by atoms with Gasteiger partial charge in [-0.1, -0.05) is 60.7 Å². The molecular weight excluding hydrogens is 799 g/mol. The average molecular weight is 856 g/mol. The highest BCUT2D eigenvalue weighted by Gasteiger charge is 2.35. The van der Waals surface area contributed by atoms with E-state index in [0.717, 1.165) is 21.4 Å². The number of primary amides is 1. The lowest BCUT2D eigenvalue weighted by molar-refractivity contribution is -0.146. The van der Waals surface area contributed by atoms with E-state index in [1.165, 1.54) is 7.05 Å². The molecule has 0 aliphatic heterocycles. The lowest BCUT2D eigenvalue weighted by Crippen LogP contribution is -2.59. The summed E-state index contributed by atoms with van der Waals surface area (Å²) in [5, 5.41) is 30.8. The first-order valence-corrected chi connectivity index (χ1v) is 20.4. The summed E-state index contributed by atoms with van der Waals surface area (Å²) in [5.74, 6) is -4.92. The fourth-order valence-electron chi connectivity index (χ4n) is 6.74. The SMILES string of the molecule is CN(C(=O)[C@H](CC(=O)O)NC(=O)[C@H](CCCCNC(=O)CCc1ccc(O)cc1)NC(=O)[C@H](Cc1c[nH]c2ccccc12)NC(=O)OC(C)(C)C)[C@@H](Cc1ccccc1)C(N)=O. The normalized spacial score (nSPS) is 13.2. The fraction of sp³-hybridized carbons (Fsp3) is 0.400. The van der Waals surface area contributed by atoms with Crippen LogP contribution >= 0.6 is 0 Å². The lowest BCUT2D eigenvalue weighted by Gasteiger charge is -2.30. The summed E-state index contributed by atoms with van der Waals surface area (Å²) in [6.45, 7) is 5.24. The third-order valence-corrected chi connectivity index (χ3v) is 9.97. The molecule has 0 spiro atoms. The number of H-pyrrole nitrogens is 1. The van der Waals surface area contributed by atoms with Crippen LogP contribution in [-0.2, 0) is 52.8 Å². The Labute approximate surface area is 360 Å². The number of aromatic hydroxyl groups is 1. The molecule has 6 amide bonds. The van der Waals surface area contributed by atoms with Gasteiger partial charge < -0.3 is 51.8 Å². The minimum absolute atomic E-state index is 0.0134. The van der Waals surface area contributed by atoms with Gasteiger partial charge in [-0.3, -0.25) is 28.8 Å². The number of fused-ring (bicyclic) bond motifs is 1. The molecule has 4 atom stereocenters. The predicted octanol–water partition coefficient (Wildman–Crippen LogP) is 3.23. The number of ether oxygens (including phenoxy) is 1. The maximum atomic E-state index is 14.2. The zero-order valence-electron chi connectivity index (χ0n) is 35.4. The second kappa shape index (κ2) is 22.6. The van der Waals surface area contributed by atoms with Gasteiger partial charge in [-0.15, -0.1) is 0 Å². The highest BCUT2D eigenvalue weighted by atomic mass is 16.6. The van der Waals surface area contributed by atoms with Crippen molar-refractivity contribution < 1.29 is 48.5 Å². The van der Waals surface area contributed by atoms with Gasteiger partial charge in [0.2, 0.25) is 29.5 Å². The Kier molecular flexibility index (Phi) is 17.4. The van der Waals surface area contributed by atoms with E-state index in [-0.39, 0.29) is 50.3 Å². The van der Waals surface area contributed by atoms with Gasteiger partial charge >= 0.3 is 12.1 Å². The highest BCUT2D eigenvalue weighted by molar-refractivity contribution is 5.97. The first-order chi connectivity index (χ1) is 29.4. The number of nitrogens with two attached hydrogens (primary N) is 1. The van der Waals surface area contributed by atoms with Crippen LogP contribution in [0.5, 0.6) is 5.75 Å². The molecule has 0 aliphatic rings. The number of aryl methyl sites for hydroxylation is 1. The number of para-hydroxylation sites is 1. The first kappa shape index (κ1) is 47.8. The van der Waals surface area contributed by atoms with Crippen LogP contribution in [0.25, 0.3) is 10.9 Å². The molecule has 9 N–H and O–H groups in total. The standard InChI is InChI=1S/C45H57N7O10/c1-45(2,3)62-44(61)51-35(25-30-27-48-33-15-9-8-14-32(30)33)42(59)49-34(16-10-11-23-47-38(54)22-19-28-17-20-31(53)21-18-28)41(58)50-36(26-39(55)56)43(60)52(4)37(40(46)57)24-29-12-6-5-7-13-29/h5-9,12-15,17-18,20-21,27,34-37,48,53H,10-11,16,19,22-26H2,1-4H3,(H2,46,57)(H,47,54)(H,49,59)(H,50,58)(H,51,61)(H,55,56)/t34-,35-,36-,37-/m0/s1. The molecule has 0 saturated carbocycles. The number of carbonyl (C=O) groups is 7. The summed E-state index contributed by atoms with van der Waals surface area (Å²) in [4.78, 5) is 96.6. The van der Waals surface area contributed by atoms with E-state index in [0.29, 0.717) is 24.0 Å². The molecule has 17 nitrogen and oxygen atoms in total. The van der Waals surface area contributed by atoms with Crippen LogP contribution in [0.2, 0.25) is 0 Å². The van der Waals surface area contributed by atoms with Crippen LogP contribution in [0.3, 0.4) is 0 Å². The van der Waals surface area contributed by atoms with Crippen LogP contribution in [0.15, 0.2) is 85.1 Å². The molecule has 1 heterocycles. The van der Waals surface area contributed by atoms with Crippen LogP contribution in [0.4, 0.5) is 4.79 Å². The van der Waals surface area contributed by atoms with Crippen molar-refractivity contribution in [1.29, 1.82) is 0 Å². The molecule has 17 heteroatoms. The number of phenols is 1. The number of benzene rings is 3. The Morgan fingerprint density at radius 2 is 1.44 bits per heavy atom. The number of nitrogens with one attached hydrogen (secondary N) is 5. The summed E-state index contributed by atoms with van der Waals surface area (Å²) in [6, 6.07) is 17.2. The number of amides is 6. The summed E-state index contributed by atoms with van der Waals surface area (Å²) in [6.07, 6.45) is 1.28. The molecule has 0 aliphatic carbocycles. The second-order valence-electron chi connectivity index (χ2n) is 16.1. The van der Waals surface area contributed by atoms with Crippen LogP contribution in [0.1, 0.15) is 69.6 Å². The van der Waals surface area contributed by atoms with E-state index < -0.39 is 71.9 Å². The highest BCUT2D eigenvalue weighted by Crippen LogP contribution is 2.20. The number of likely N-dealkylation sites (N-methyl/N-ethyl adjacent to an activating group) is 1. The van der Waals surface area contributed by atoms with E-state index in [1.807, 2.05) is 24.3 Å². The molecule has 3 aromatic carbocycles. The molecule has 4 aromatic rings. The van der Waals surface area contributed by atoms with E-state index in [2.05, 4.69) is 26.3 Å². The molecule has 0 fully saturated rings. The minimum Gasteiger partial charge on any atom is -0.508 e. The predicted molar refractivity (Wildman–Crippen MR) is 230 cm³/mol. The largest absolute Gasteiger partial charge is 0.508 e. The number of alkyl carbamates (subject to hydrolysis) is 1. The minimum atomic E-state index is -1.67. The van der Waals surface area contributed by atoms with Crippen molar-refractivity contribution in [3.63, 3.8) is 0 Å². The third kappa shape index (κ3) is 15.3. The fourth-order valence-corrected chi connectivity index (χ4v) is 6.74. The molecule has 0 unspecified atom stereocenters. The van der Waals surface area contributed by atoms with Crippen molar-refractivity contribution in [2.75, 3.05) is 13.6 Å². The average Bonchev–Trinajstić information content (AvgIpc) is 3.62. The van der Waals surface area contributed by atoms with Crippen molar-refractivity contribution in [2.45, 2.75) is 102 Å². The molecule has 4 rings (SSSR count). The van der Waals surface area contributed by atoms with Gasteiger partial charge in [0.05, 0.1) is 6.42 Å². The van der Waals surface area contributed by atoms with E-state index in [9.17, 15) is 43.8 Å². The van der Waals surface area contributed by atoms with Gasteiger partial charge in [0.1, 0.15) is 35.5 Å². The topological polar surface area (TPSA) is 262 Å². The summed E-state index contributed by atoms with van der Waals surface area (Å²) in [7, 11) is 1.29. The van der Waals surface area contributed by atoms with Crippen LogP contribution in [-0.4, -0.2) is 105 Å². The Morgan fingerprint density at radius 3 is 2.10 bits per heavy atom. The number of aliphatic carboxylic acids is 1. The first-order valence-electron chi connectivity index (χ1n) is 20.4. The number of carboxylic acids is 1. The number of rotatable bonds is 22. The van der Waals surface area contributed by atoms with Gasteiger partial charge in [-0.25, -0.2) is 4.79 Å². The quantitative estimate of drug-likeness (QED) is 0.0535. The summed E-state index contributed by atoms with van der Waals surface area (Å²) < 4.78 is 5.46. The molecule has 1 aromatic heterocycles. The maximum absolute atomic E-state index is 14.2. The Morgan fingerprint density at radius 1 is 0.790 bits per heavy atom. The Hall–Kier alpha value is -6.91. The van der Waals surface area contributed by atoms with Gasteiger partial charge in [-0.05, 0) is 81.3 Å². The monoisotopic (exact) mass is 855 g/mol. The number of carboxylic acid groups (broad SMARTS) is 1. The summed E-state index contributed by atoms with van der Waals surface area (Å²) in [5.41, 5.74) is 7.84. The number of aromatic amines is 1. The van der Waals surface area contributed by atoms with E-state index >= 15 is 0 Å². The van der Waals surface area contributed by atoms with Crippen molar-refractivity contribution >= 4 is 52.5 Å². The number of phenolic OH excluding ortho intramolecular Hbond substituents is 1. The van der Waals surface area contributed by atoms with E-state index in [4.69, 9.17) is 10.5 Å². The number of hydrogen-bond donors (Lipinski definition) is 8. The molecule has 0 saturated heterocycles. The summed E-state index contributed by atoms with van der Waals surface area (Å²) >= 11 is 0. The van der Waals surface area contributed by atoms with Crippen LogP contribution in [0, 0.1) is 0 Å². The maximum Gasteiger partial charge on any atom is 0.408 e. The zero-order chi connectivity index (χ0) is 45.4. The van der Waals surface area contributed by atoms with E-state index in [1.54, 1.807) is 81.6 Å². The molecule has 332 valence electrons. The second-order valence-corrected chi connectivity index (χ2v) is 16.1. The van der Waals surface area contributed by atoms with Gasteiger partial charge in [0.15, 0.2) is 0 Å².